The van der Waals surface area contributed by atoms with E-state index >= 15 is 0 Å². The molecule has 0 saturated carbocycles. The predicted octanol–water partition coefficient (Wildman–Crippen LogP) is 2.69. The van der Waals surface area contributed by atoms with E-state index in [1.807, 2.05) is 19.9 Å². The second-order valence-electron chi connectivity index (χ2n) is 5.30. The highest BCUT2D eigenvalue weighted by Gasteiger charge is 2.24. The van der Waals surface area contributed by atoms with Gasteiger partial charge in [0.2, 0.25) is 0 Å². The molecule has 0 aliphatic carbocycles. The van der Waals surface area contributed by atoms with Crippen molar-refractivity contribution in [2.24, 2.45) is 0 Å². The summed E-state index contributed by atoms with van der Waals surface area (Å²) in [6.07, 6.45) is 3.64. The monoisotopic (exact) mass is 271 g/mol. The Morgan fingerprint density at radius 2 is 1.95 bits per heavy atom. The van der Waals surface area contributed by atoms with Crippen LogP contribution in [0.25, 0.3) is 0 Å². The number of nitrogens with one attached hydrogen (secondary N) is 1. The van der Waals surface area contributed by atoms with E-state index in [-0.39, 0.29) is 0 Å². The number of piperidine rings is 1. The number of rotatable bonds is 1. The predicted molar refractivity (Wildman–Crippen MR) is 82.5 cm³/mol. The van der Waals surface area contributed by atoms with Gasteiger partial charge in [-0.3, -0.25) is 4.90 Å². The normalized spacial score (nSPS) is 19.4. The minimum atomic E-state index is 0.727. The molecule has 1 saturated heterocycles. The van der Waals surface area contributed by atoms with Gasteiger partial charge in [-0.2, -0.15) is 5.26 Å². The molecule has 2 aliphatic rings. The van der Waals surface area contributed by atoms with Gasteiger partial charge in [0, 0.05) is 19.1 Å². The van der Waals surface area contributed by atoms with Crippen LogP contribution in [0.5, 0.6) is 0 Å². The highest BCUT2D eigenvalue weighted by atomic mass is 15.2. The van der Waals surface area contributed by atoms with Crippen molar-refractivity contribution in [3.05, 3.63) is 34.9 Å². The molecule has 0 unspecified atom stereocenters. The Labute approximate surface area is 122 Å². The second kappa shape index (κ2) is 7.42. The van der Waals surface area contributed by atoms with E-state index in [0.717, 1.165) is 37.7 Å². The van der Waals surface area contributed by atoms with Crippen molar-refractivity contribution in [3.8, 4) is 6.07 Å². The Balaban J connectivity index is 0.000000704. The van der Waals surface area contributed by atoms with E-state index < -0.39 is 0 Å². The third-order valence-electron chi connectivity index (χ3n) is 4.20. The molecular formula is C17H25N3. The Morgan fingerprint density at radius 1 is 1.20 bits per heavy atom. The zero-order valence-corrected chi connectivity index (χ0v) is 12.7. The highest BCUT2D eigenvalue weighted by molar-refractivity contribution is 5.39. The summed E-state index contributed by atoms with van der Waals surface area (Å²) in [5, 5.41) is 12.4. The van der Waals surface area contributed by atoms with Gasteiger partial charge in [0.1, 0.15) is 0 Å². The zero-order valence-electron chi connectivity index (χ0n) is 12.7. The lowest BCUT2D eigenvalue weighted by Gasteiger charge is -2.37. The van der Waals surface area contributed by atoms with Crippen molar-refractivity contribution < 1.29 is 0 Å². The molecule has 0 aromatic heterocycles. The fraction of sp³-hybridized carbons (Fsp3) is 0.588. The smallest absolute Gasteiger partial charge is 0.0991 e. The molecule has 2 heterocycles. The number of benzene rings is 1. The lowest BCUT2D eigenvalue weighted by molar-refractivity contribution is 0.147. The number of hydrogen-bond donors (Lipinski definition) is 1. The van der Waals surface area contributed by atoms with E-state index in [2.05, 4.69) is 28.4 Å². The first kappa shape index (κ1) is 15.0. The number of fused-ring (bicyclic) bond motifs is 1. The quantitative estimate of drug-likeness (QED) is 0.853. The molecule has 20 heavy (non-hydrogen) atoms. The maximum absolute atomic E-state index is 8.98. The van der Waals surface area contributed by atoms with Gasteiger partial charge in [-0.25, -0.2) is 0 Å². The van der Waals surface area contributed by atoms with Crippen LogP contribution in [0.1, 0.15) is 43.4 Å². The second-order valence-corrected chi connectivity index (χ2v) is 5.30. The highest BCUT2D eigenvalue weighted by Crippen LogP contribution is 2.24. The number of nitriles is 1. The first-order valence-electron chi connectivity index (χ1n) is 7.83. The van der Waals surface area contributed by atoms with Crippen LogP contribution in [-0.4, -0.2) is 30.6 Å². The maximum atomic E-state index is 8.98. The van der Waals surface area contributed by atoms with E-state index in [9.17, 15) is 0 Å². The minimum Gasteiger partial charge on any atom is -0.317 e. The summed E-state index contributed by atoms with van der Waals surface area (Å²) in [4.78, 5) is 2.60. The van der Waals surface area contributed by atoms with Crippen LogP contribution >= 0.6 is 0 Å². The van der Waals surface area contributed by atoms with Crippen LogP contribution < -0.4 is 5.32 Å². The third kappa shape index (κ3) is 3.39. The molecule has 3 heteroatoms. The Hall–Kier alpha value is -1.37. The molecule has 0 radical (unpaired) electrons. The van der Waals surface area contributed by atoms with E-state index in [1.165, 1.54) is 30.5 Å². The molecule has 0 amide bonds. The molecule has 1 aromatic carbocycles. The van der Waals surface area contributed by atoms with Crippen LogP contribution in [-0.2, 0) is 13.0 Å². The molecule has 108 valence electrons. The standard InChI is InChI=1S/C15H19N3.C2H6/c16-10-12-1-2-13-5-8-18(11-14(13)9-12)15-3-6-17-7-4-15;1-2/h1-2,9,15,17H,3-8,11H2;1-2H3. The minimum absolute atomic E-state index is 0.727. The number of hydrogen-bond acceptors (Lipinski definition) is 3. The third-order valence-corrected chi connectivity index (χ3v) is 4.20. The topological polar surface area (TPSA) is 39.1 Å². The molecular weight excluding hydrogens is 246 g/mol. The van der Waals surface area contributed by atoms with Gasteiger partial charge in [0.25, 0.3) is 0 Å². The molecule has 3 nitrogen and oxygen atoms in total. The molecule has 2 aliphatic heterocycles. The lowest BCUT2D eigenvalue weighted by atomic mass is 9.94. The first-order valence-corrected chi connectivity index (χ1v) is 7.83. The van der Waals surface area contributed by atoms with E-state index in [0.29, 0.717) is 0 Å². The van der Waals surface area contributed by atoms with Gasteiger partial charge < -0.3 is 5.32 Å². The summed E-state index contributed by atoms with van der Waals surface area (Å²) in [5.74, 6) is 0. The summed E-state index contributed by atoms with van der Waals surface area (Å²) in [7, 11) is 0. The van der Waals surface area contributed by atoms with Crippen LogP contribution in [0, 0.1) is 11.3 Å². The lowest BCUT2D eigenvalue weighted by Crippen LogP contribution is -2.45. The van der Waals surface area contributed by atoms with Crippen molar-refractivity contribution >= 4 is 0 Å². The van der Waals surface area contributed by atoms with Crippen LogP contribution in [0.4, 0.5) is 0 Å². The van der Waals surface area contributed by atoms with Crippen molar-refractivity contribution in [2.75, 3.05) is 19.6 Å². The summed E-state index contributed by atoms with van der Waals surface area (Å²) >= 11 is 0. The SMILES string of the molecule is CC.N#Cc1ccc2c(c1)CN(C1CCNCC1)CC2. The van der Waals surface area contributed by atoms with Crippen LogP contribution in [0.2, 0.25) is 0 Å². The molecule has 1 fully saturated rings. The zero-order chi connectivity index (χ0) is 14.4. The molecule has 3 rings (SSSR count). The molecule has 1 N–H and O–H groups in total. The van der Waals surface area contributed by atoms with E-state index in [1.54, 1.807) is 0 Å². The van der Waals surface area contributed by atoms with Crippen molar-refractivity contribution in [3.63, 3.8) is 0 Å². The summed E-state index contributed by atoms with van der Waals surface area (Å²) < 4.78 is 0. The van der Waals surface area contributed by atoms with Crippen molar-refractivity contribution in [1.82, 2.24) is 10.2 Å². The van der Waals surface area contributed by atoms with Crippen molar-refractivity contribution in [1.29, 1.82) is 5.26 Å². The molecule has 0 atom stereocenters. The first-order chi connectivity index (χ1) is 9.86. The van der Waals surface area contributed by atoms with Crippen LogP contribution in [0.3, 0.4) is 0 Å². The Morgan fingerprint density at radius 3 is 2.65 bits per heavy atom. The van der Waals surface area contributed by atoms with Gasteiger partial charge in [-0.05, 0) is 55.6 Å². The van der Waals surface area contributed by atoms with Gasteiger partial charge in [0.05, 0.1) is 11.6 Å². The largest absolute Gasteiger partial charge is 0.317 e. The summed E-state index contributed by atoms with van der Waals surface area (Å²) in [6.45, 7) is 8.48. The maximum Gasteiger partial charge on any atom is 0.0991 e. The fourth-order valence-corrected chi connectivity index (χ4v) is 3.13. The van der Waals surface area contributed by atoms with Gasteiger partial charge in [-0.15, -0.1) is 0 Å². The Kier molecular flexibility index (Phi) is 5.58. The fourth-order valence-electron chi connectivity index (χ4n) is 3.13. The van der Waals surface area contributed by atoms with Crippen LogP contribution in [0.15, 0.2) is 18.2 Å². The molecule has 0 spiro atoms. The molecule has 1 aromatic rings. The van der Waals surface area contributed by atoms with Gasteiger partial charge >= 0.3 is 0 Å². The average Bonchev–Trinajstić information content (AvgIpc) is 2.56. The summed E-state index contributed by atoms with van der Waals surface area (Å²) in [6, 6.07) is 9.12. The van der Waals surface area contributed by atoms with E-state index in [4.69, 9.17) is 5.26 Å². The van der Waals surface area contributed by atoms with Crippen molar-refractivity contribution in [2.45, 2.75) is 45.7 Å². The average molecular weight is 271 g/mol. The number of nitrogens with zero attached hydrogens (tertiary/aromatic N) is 2. The Bertz CT molecular complexity index is 470. The summed E-state index contributed by atoms with van der Waals surface area (Å²) in [5.41, 5.74) is 3.58. The van der Waals surface area contributed by atoms with Gasteiger partial charge in [0.15, 0.2) is 0 Å². The van der Waals surface area contributed by atoms with Gasteiger partial charge in [-0.1, -0.05) is 19.9 Å². The molecule has 0 bridgehead atoms.